The second-order valence-electron chi connectivity index (χ2n) is 5.71. The highest BCUT2D eigenvalue weighted by Gasteiger charge is 2.07. The molecule has 0 spiro atoms. The monoisotopic (exact) mass is 360 g/mol. The summed E-state index contributed by atoms with van der Waals surface area (Å²) in [5, 5.41) is 3.10. The number of para-hydroxylation sites is 1. The minimum Gasteiger partial charge on any atom is -0.366 e. The van der Waals surface area contributed by atoms with Gasteiger partial charge in [-0.3, -0.25) is 19.0 Å². The summed E-state index contributed by atoms with van der Waals surface area (Å²) >= 11 is 0. The van der Waals surface area contributed by atoms with Crippen LogP contribution in [0.1, 0.15) is 15.9 Å². The summed E-state index contributed by atoms with van der Waals surface area (Å²) in [6, 6.07) is 13.5. The van der Waals surface area contributed by atoms with Crippen molar-refractivity contribution in [3.63, 3.8) is 0 Å². The number of hydrogen-bond donors (Lipinski definition) is 2. The van der Waals surface area contributed by atoms with Gasteiger partial charge in [0.05, 0.1) is 23.8 Å². The average molecular weight is 360 g/mol. The third-order valence-corrected chi connectivity index (χ3v) is 3.82. The zero-order chi connectivity index (χ0) is 19.2. The van der Waals surface area contributed by atoms with E-state index in [9.17, 15) is 14.4 Å². The largest absolute Gasteiger partial charge is 0.366 e. The fourth-order valence-electron chi connectivity index (χ4n) is 2.44. The molecular weight excluding hydrogens is 344 g/mol. The molecule has 2 amide bonds. The molecule has 0 aliphatic heterocycles. The van der Waals surface area contributed by atoms with Crippen LogP contribution in [0.5, 0.6) is 0 Å². The molecule has 0 unspecified atom stereocenters. The molecule has 1 heterocycles. The second-order valence-corrected chi connectivity index (χ2v) is 5.71. The molecule has 7 heteroatoms. The van der Waals surface area contributed by atoms with Crippen LogP contribution in [0.4, 0.5) is 0 Å². The number of nitrogens with zero attached hydrogens (tertiary/aromatic N) is 2. The van der Waals surface area contributed by atoms with Crippen molar-refractivity contribution in [3.8, 4) is 11.8 Å². The summed E-state index contributed by atoms with van der Waals surface area (Å²) in [4.78, 5) is 39.5. The molecule has 0 saturated carbocycles. The third kappa shape index (κ3) is 4.38. The van der Waals surface area contributed by atoms with E-state index in [1.54, 1.807) is 48.5 Å². The Morgan fingerprint density at radius 1 is 1.11 bits per heavy atom. The topological polar surface area (TPSA) is 107 Å². The number of benzene rings is 2. The highest BCUT2D eigenvalue weighted by Crippen LogP contribution is 2.04. The summed E-state index contributed by atoms with van der Waals surface area (Å²) in [7, 11) is 0. The number of hydrogen-bond acceptors (Lipinski definition) is 4. The van der Waals surface area contributed by atoms with Gasteiger partial charge in [-0.15, -0.1) is 0 Å². The fourth-order valence-corrected chi connectivity index (χ4v) is 2.44. The van der Waals surface area contributed by atoms with Gasteiger partial charge in [0, 0.05) is 11.1 Å². The number of carbonyl (C=O) groups excluding carboxylic acids is 2. The van der Waals surface area contributed by atoms with Gasteiger partial charge >= 0.3 is 0 Å². The predicted octanol–water partition coefficient (Wildman–Crippen LogP) is 0.663. The maximum Gasteiger partial charge on any atom is 0.261 e. The van der Waals surface area contributed by atoms with Crippen LogP contribution >= 0.6 is 0 Å². The maximum atomic E-state index is 12.3. The standard InChI is InChI=1S/C20H16N4O3/c21-19(26)15-9-7-14(8-10-15)4-3-11-22-18(25)12-24-13-23-17-6-2-1-5-16(17)20(24)27/h1-2,5-10,13H,11-12H2,(H2,21,26)(H,22,25). The molecule has 1 aromatic heterocycles. The summed E-state index contributed by atoms with van der Waals surface area (Å²) in [5.41, 5.74) is 6.60. The van der Waals surface area contributed by atoms with Crippen molar-refractivity contribution in [2.24, 2.45) is 5.73 Å². The molecule has 0 atom stereocenters. The van der Waals surface area contributed by atoms with Crippen LogP contribution in [0.25, 0.3) is 10.9 Å². The van der Waals surface area contributed by atoms with E-state index in [-0.39, 0.29) is 24.6 Å². The van der Waals surface area contributed by atoms with Crippen molar-refractivity contribution in [1.29, 1.82) is 0 Å². The number of nitrogens with one attached hydrogen (secondary N) is 1. The molecule has 3 N–H and O–H groups in total. The first kappa shape index (κ1) is 17.9. The number of fused-ring (bicyclic) bond motifs is 1. The molecule has 134 valence electrons. The Morgan fingerprint density at radius 2 is 1.85 bits per heavy atom. The van der Waals surface area contributed by atoms with Crippen LogP contribution in [0, 0.1) is 11.8 Å². The van der Waals surface area contributed by atoms with Crippen LogP contribution in [0.3, 0.4) is 0 Å². The minimum atomic E-state index is -0.500. The van der Waals surface area contributed by atoms with Crippen molar-refractivity contribution in [1.82, 2.24) is 14.9 Å². The molecule has 0 radical (unpaired) electrons. The van der Waals surface area contributed by atoms with Crippen molar-refractivity contribution >= 4 is 22.7 Å². The molecule has 3 aromatic rings. The lowest BCUT2D eigenvalue weighted by molar-refractivity contribution is -0.121. The Bertz CT molecular complexity index is 1120. The van der Waals surface area contributed by atoms with Gasteiger partial charge in [0.15, 0.2) is 0 Å². The Kier molecular flexibility index (Phi) is 5.28. The van der Waals surface area contributed by atoms with E-state index in [1.807, 2.05) is 0 Å². The molecule has 0 bridgehead atoms. The van der Waals surface area contributed by atoms with E-state index in [0.717, 1.165) is 0 Å². The number of amides is 2. The molecule has 7 nitrogen and oxygen atoms in total. The van der Waals surface area contributed by atoms with E-state index in [0.29, 0.717) is 22.0 Å². The Labute approximate surface area is 154 Å². The lowest BCUT2D eigenvalue weighted by Gasteiger charge is -2.06. The normalized spacial score (nSPS) is 10.1. The van der Waals surface area contributed by atoms with E-state index in [1.165, 1.54) is 10.9 Å². The van der Waals surface area contributed by atoms with Crippen LogP contribution in [-0.2, 0) is 11.3 Å². The molecule has 0 aliphatic carbocycles. The molecule has 0 aliphatic rings. The molecule has 0 fully saturated rings. The number of nitrogens with two attached hydrogens (primary N) is 1. The Hall–Kier alpha value is -3.92. The summed E-state index contributed by atoms with van der Waals surface area (Å²) in [5.74, 6) is 4.84. The Balaban J connectivity index is 1.58. The summed E-state index contributed by atoms with van der Waals surface area (Å²) < 4.78 is 1.26. The molecular formula is C20H16N4O3. The van der Waals surface area contributed by atoms with Gasteiger partial charge in [0.25, 0.3) is 5.56 Å². The minimum absolute atomic E-state index is 0.131. The number of aromatic nitrogens is 2. The van der Waals surface area contributed by atoms with Gasteiger partial charge in [0.2, 0.25) is 11.8 Å². The van der Waals surface area contributed by atoms with Crippen LogP contribution in [0.15, 0.2) is 59.7 Å². The van der Waals surface area contributed by atoms with E-state index >= 15 is 0 Å². The van der Waals surface area contributed by atoms with E-state index in [4.69, 9.17) is 5.73 Å². The second kappa shape index (κ2) is 7.97. The summed E-state index contributed by atoms with van der Waals surface area (Å²) in [6.07, 6.45) is 1.36. The van der Waals surface area contributed by atoms with Crippen molar-refractivity contribution in [2.75, 3.05) is 6.54 Å². The lowest BCUT2D eigenvalue weighted by atomic mass is 10.1. The van der Waals surface area contributed by atoms with Crippen molar-refractivity contribution in [2.45, 2.75) is 6.54 Å². The quantitative estimate of drug-likeness (QED) is 0.667. The third-order valence-electron chi connectivity index (χ3n) is 3.82. The van der Waals surface area contributed by atoms with Gasteiger partial charge in [0.1, 0.15) is 6.54 Å². The molecule has 27 heavy (non-hydrogen) atoms. The van der Waals surface area contributed by atoms with Gasteiger partial charge in [-0.1, -0.05) is 24.0 Å². The first-order chi connectivity index (χ1) is 13.0. The van der Waals surface area contributed by atoms with Gasteiger partial charge in [-0.2, -0.15) is 0 Å². The number of rotatable bonds is 4. The highest BCUT2D eigenvalue weighted by molar-refractivity contribution is 5.92. The van der Waals surface area contributed by atoms with E-state index in [2.05, 4.69) is 22.1 Å². The van der Waals surface area contributed by atoms with Crippen molar-refractivity contribution in [3.05, 3.63) is 76.3 Å². The van der Waals surface area contributed by atoms with Crippen LogP contribution in [0.2, 0.25) is 0 Å². The van der Waals surface area contributed by atoms with Crippen LogP contribution in [-0.4, -0.2) is 27.9 Å². The summed E-state index contributed by atoms with van der Waals surface area (Å²) in [6.45, 7) is -0.00216. The van der Waals surface area contributed by atoms with Crippen LogP contribution < -0.4 is 16.6 Å². The predicted molar refractivity (Wildman–Crippen MR) is 101 cm³/mol. The Morgan fingerprint density at radius 3 is 2.59 bits per heavy atom. The average Bonchev–Trinajstić information content (AvgIpc) is 2.68. The zero-order valence-corrected chi connectivity index (χ0v) is 14.3. The smallest absolute Gasteiger partial charge is 0.261 e. The fraction of sp³-hybridized carbons (Fsp3) is 0.100. The van der Waals surface area contributed by atoms with Gasteiger partial charge in [-0.25, -0.2) is 4.98 Å². The SMILES string of the molecule is NC(=O)c1ccc(C#CCNC(=O)Cn2cnc3ccccc3c2=O)cc1. The zero-order valence-electron chi connectivity index (χ0n) is 14.3. The number of primary amides is 1. The van der Waals surface area contributed by atoms with Crippen molar-refractivity contribution < 1.29 is 9.59 Å². The number of carbonyl (C=O) groups is 2. The van der Waals surface area contributed by atoms with E-state index < -0.39 is 5.91 Å². The molecule has 0 saturated heterocycles. The highest BCUT2D eigenvalue weighted by atomic mass is 16.2. The van der Waals surface area contributed by atoms with Gasteiger partial charge in [-0.05, 0) is 36.4 Å². The van der Waals surface area contributed by atoms with Gasteiger partial charge < -0.3 is 11.1 Å². The maximum absolute atomic E-state index is 12.3. The first-order valence-corrected chi connectivity index (χ1v) is 8.14. The molecule has 2 aromatic carbocycles. The first-order valence-electron chi connectivity index (χ1n) is 8.14. The lowest BCUT2D eigenvalue weighted by Crippen LogP contribution is -2.32. The molecule has 3 rings (SSSR count).